The molecule has 4 nitrogen and oxygen atoms in total. The van der Waals surface area contributed by atoms with Gasteiger partial charge >= 0.3 is 0 Å². The highest BCUT2D eigenvalue weighted by Gasteiger charge is 2.20. The van der Waals surface area contributed by atoms with Gasteiger partial charge in [-0.3, -0.25) is 9.59 Å². The van der Waals surface area contributed by atoms with Gasteiger partial charge in [0.15, 0.2) is 0 Å². The number of amides is 2. The lowest BCUT2D eigenvalue weighted by Gasteiger charge is -2.20. The van der Waals surface area contributed by atoms with Crippen LogP contribution < -0.4 is 5.32 Å². The van der Waals surface area contributed by atoms with Gasteiger partial charge in [-0.1, -0.05) is 30.3 Å². The van der Waals surface area contributed by atoms with Crippen LogP contribution in [0.5, 0.6) is 0 Å². The minimum absolute atomic E-state index is 0.0567. The predicted molar refractivity (Wildman–Crippen MR) is 74.6 cm³/mol. The Morgan fingerprint density at radius 1 is 1.33 bits per heavy atom. The van der Waals surface area contributed by atoms with Crippen molar-refractivity contribution in [2.24, 2.45) is 0 Å². The van der Waals surface area contributed by atoms with E-state index >= 15 is 0 Å². The number of thiol groups is 1. The SMILES string of the molecule is CNC(=O)CN(C)C(=O)C(S)Cc1ccccc1. The highest BCUT2D eigenvalue weighted by atomic mass is 32.1. The summed E-state index contributed by atoms with van der Waals surface area (Å²) in [6.07, 6.45) is 0.556. The van der Waals surface area contributed by atoms with Crippen molar-refractivity contribution in [2.45, 2.75) is 11.7 Å². The Bertz CT molecular complexity index is 409. The maximum Gasteiger partial charge on any atom is 0.239 e. The van der Waals surface area contributed by atoms with Crippen LogP contribution in [0.4, 0.5) is 0 Å². The average molecular weight is 266 g/mol. The number of nitrogens with zero attached hydrogens (tertiary/aromatic N) is 1. The molecule has 0 radical (unpaired) electrons. The number of nitrogens with one attached hydrogen (secondary N) is 1. The molecule has 98 valence electrons. The molecule has 0 bridgehead atoms. The molecule has 0 aliphatic heterocycles. The maximum atomic E-state index is 12.0. The van der Waals surface area contributed by atoms with Crippen molar-refractivity contribution in [3.05, 3.63) is 35.9 Å². The highest BCUT2D eigenvalue weighted by molar-refractivity contribution is 7.81. The first-order valence-electron chi connectivity index (χ1n) is 5.72. The van der Waals surface area contributed by atoms with E-state index in [0.717, 1.165) is 5.56 Å². The van der Waals surface area contributed by atoms with Crippen LogP contribution in [0.25, 0.3) is 0 Å². The zero-order chi connectivity index (χ0) is 13.5. The molecule has 0 spiro atoms. The fourth-order valence-electron chi connectivity index (χ4n) is 1.55. The summed E-state index contributed by atoms with van der Waals surface area (Å²) in [6.45, 7) is 0.0567. The first-order chi connectivity index (χ1) is 8.54. The van der Waals surface area contributed by atoms with Crippen LogP contribution in [-0.4, -0.2) is 42.6 Å². The smallest absolute Gasteiger partial charge is 0.239 e. The third-order valence-electron chi connectivity index (χ3n) is 2.59. The van der Waals surface area contributed by atoms with Crippen molar-refractivity contribution in [3.8, 4) is 0 Å². The van der Waals surface area contributed by atoms with E-state index in [1.165, 1.54) is 4.90 Å². The standard InChI is InChI=1S/C13H18N2O2S/c1-14-12(16)9-15(2)13(17)11(18)8-10-6-4-3-5-7-10/h3-7,11,18H,8-9H2,1-2H3,(H,14,16). The molecule has 0 saturated carbocycles. The van der Waals surface area contributed by atoms with E-state index in [0.29, 0.717) is 6.42 Å². The molecule has 0 heterocycles. The lowest BCUT2D eigenvalue weighted by Crippen LogP contribution is -2.41. The van der Waals surface area contributed by atoms with Gasteiger partial charge in [-0.15, -0.1) is 0 Å². The molecule has 0 aromatic heterocycles. The molecule has 0 aliphatic rings. The predicted octanol–water partition coefficient (Wildman–Crippen LogP) is 0.732. The van der Waals surface area contributed by atoms with Crippen LogP contribution in [-0.2, 0) is 16.0 Å². The third kappa shape index (κ3) is 4.41. The summed E-state index contributed by atoms with van der Waals surface area (Å²) in [7, 11) is 3.15. The molecule has 1 aromatic carbocycles. The average Bonchev–Trinajstić information content (AvgIpc) is 2.38. The fraction of sp³-hybridized carbons (Fsp3) is 0.385. The second kappa shape index (κ2) is 7.06. The molecule has 18 heavy (non-hydrogen) atoms. The Hall–Kier alpha value is -1.49. The molecule has 0 saturated heterocycles. The molecule has 1 N–H and O–H groups in total. The molecule has 0 aliphatic carbocycles. The quantitative estimate of drug-likeness (QED) is 0.772. The zero-order valence-corrected chi connectivity index (χ0v) is 11.5. The van der Waals surface area contributed by atoms with E-state index in [1.807, 2.05) is 30.3 Å². The van der Waals surface area contributed by atoms with Gasteiger partial charge in [-0.2, -0.15) is 12.6 Å². The Labute approximate surface area is 113 Å². The van der Waals surface area contributed by atoms with E-state index in [-0.39, 0.29) is 18.4 Å². The monoisotopic (exact) mass is 266 g/mol. The van der Waals surface area contributed by atoms with Gasteiger partial charge in [-0.25, -0.2) is 0 Å². The number of likely N-dealkylation sites (N-methyl/N-ethyl adjacent to an activating group) is 2. The summed E-state index contributed by atoms with van der Waals surface area (Å²) in [5, 5.41) is 2.05. The first kappa shape index (κ1) is 14.6. The fourth-order valence-corrected chi connectivity index (χ4v) is 1.96. The van der Waals surface area contributed by atoms with E-state index < -0.39 is 5.25 Å². The van der Waals surface area contributed by atoms with Crippen molar-refractivity contribution in [2.75, 3.05) is 20.6 Å². The largest absolute Gasteiger partial charge is 0.358 e. The molecular formula is C13H18N2O2S. The second-order valence-corrected chi connectivity index (χ2v) is 4.70. The summed E-state index contributed by atoms with van der Waals surface area (Å²) in [5.74, 6) is -0.336. The van der Waals surface area contributed by atoms with Gasteiger partial charge in [0.05, 0.1) is 11.8 Å². The summed E-state index contributed by atoms with van der Waals surface area (Å²) < 4.78 is 0. The van der Waals surface area contributed by atoms with Gasteiger partial charge in [0, 0.05) is 14.1 Å². The molecule has 1 rings (SSSR count). The van der Waals surface area contributed by atoms with Crippen LogP contribution in [0.15, 0.2) is 30.3 Å². The lowest BCUT2D eigenvalue weighted by atomic mass is 10.1. The lowest BCUT2D eigenvalue weighted by molar-refractivity contribution is -0.134. The van der Waals surface area contributed by atoms with Crippen molar-refractivity contribution in [1.82, 2.24) is 10.2 Å². The third-order valence-corrected chi connectivity index (χ3v) is 3.00. The molecular weight excluding hydrogens is 248 g/mol. The van der Waals surface area contributed by atoms with Gasteiger partial charge in [-0.05, 0) is 12.0 Å². The minimum Gasteiger partial charge on any atom is -0.358 e. The Balaban J connectivity index is 2.53. The van der Waals surface area contributed by atoms with E-state index in [2.05, 4.69) is 17.9 Å². The number of rotatable bonds is 5. The van der Waals surface area contributed by atoms with Gasteiger partial charge in [0.1, 0.15) is 0 Å². The van der Waals surface area contributed by atoms with Crippen LogP contribution in [0, 0.1) is 0 Å². The van der Waals surface area contributed by atoms with Crippen molar-refractivity contribution in [3.63, 3.8) is 0 Å². The van der Waals surface area contributed by atoms with Crippen molar-refractivity contribution >= 4 is 24.4 Å². The summed E-state index contributed by atoms with van der Waals surface area (Å²) >= 11 is 4.30. The number of carbonyl (C=O) groups excluding carboxylic acids is 2. The molecule has 1 unspecified atom stereocenters. The molecule has 5 heteroatoms. The number of carbonyl (C=O) groups is 2. The Kier molecular flexibility index (Phi) is 5.71. The first-order valence-corrected chi connectivity index (χ1v) is 6.23. The van der Waals surface area contributed by atoms with E-state index in [9.17, 15) is 9.59 Å². The second-order valence-electron chi connectivity index (χ2n) is 4.07. The molecule has 1 atom stereocenters. The summed E-state index contributed by atoms with van der Waals surface area (Å²) in [4.78, 5) is 24.5. The van der Waals surface area contributed by atoms with Crippen molar-refractivity contribution < 1.29 is 9.59 Å². The molecule has 0 fully saturated rings. The molecule has 2 amide bonds. The highest BCUT2D eigenvalue weighted by Crippen LogP contribution is 2.09. The van der Waals surface area contributed by atoms with Gasteiger partial charge in [0.25, 0.3) is 0 Å². The zero-order valence-electron chi connectivity index (χ0n) is 10.6. The Morgan fingerprint density at radius 3 is 2.50 bits per heavy atom. The van der Waals surface area contributed by atoms with Crippen molar-refractivity contribution in [1.29, 1.82) is 0 Å². The summed E-state index contributed by atoms with van der Waals surface area (Å²) in [6, 6.07) is 9.68. The maximum absolute atomic E-state index is 12.0. The Morgan fingerprint density at radius 2 is 1.94 bits per heavy atom. The van der Waals surface area contributed by atoms with Crippen LogP contribution in [0.3, 0.4) is 0 Å². The topological polar surface area (TPSA) is 49.4 Å². The van der Waals surface area contributed by atoms with Gasteiger partial charge in [0.2, 0.25) is 11.8 Å². The van der Waals surface area contributed by atoms with E-state index in [4.69, 9.17) is 0 Å². The van der Waals surface area contributed by atoms with Crippen LogP contribution >= 0.6 is 12.6 Å². The van der Waals surface area contributed by atoms with E-state index in [1.54, 1.807) is 14.1 Å². The van der Waals surface area contributed by atoms with Crippen LogP contribution in [0.2, 0.25) is 0 Å². The molecule has 1 aromatic rings. The van der Waals surface area contributed by atoms with Gasteiger partial charge < -0.3 is 10.2 Å². The minimum atomic E-state index is -0.429. The normalized spacial score (nSPS) is 11.7. The number of hydrogen-bond acceptors (Lipinski definition) is 3. The summed E-state index contributed by atoms with van der Waals surface area (Å²) in [5.41, 5.74) is 1.05. The number of hydrogen-bond donors (Lipinski definition) is 2. The number of benzene rings is 1. The van der Waals surface area contributed by atoms with Crippen LogP contribution in [0.1, 0.15) is 5.56 Å².